The Labute approximate surface area is 180 Å². The zero-order valence-electron chi connectivity index (χ0n) is 17.7. The lowest BCUT2D eigenvalue weighted by atomic mass is 10.1. The molecule has 160 valence electrons. The van der Waals surface area contributed by atoms with Crippen molar-refractivity contribution < 1.29 is 4.79 Å². The molecule has 0 aliphatic carbocycles. The predicted molar refractivity (Wildman–Crippen MR) is 120 cm³/mol. The van der Waals surface area contributed by atoms with Crippen LogP contribution in [0.5, 0.6) is 0 Å². The van der Waals surface area contributed by atoms with Gasteiger partial charge in [-0.3, -0.25) is 18.6 Å². The van der Waals surface area contributed by atoms with Gasteiger partial charge in [0.25, 0.3) is 5.56 Å². The van der Waals surface area contributed by atoms with Gasteiger partial charge in [-0.15, -0.1) is 10.2 Å². The van der Waals surface area contributed by atoms with Gasteiger partial charge < -0.3 is 4.90 Å². The summed E-state index contributed by atoms with van der Waals surface area (Å²) in [5.41, 5.74) is 0.747. The molecule has 30 heavy (non-hydrogen) atoms. The van der Waals surface area contributed by atoms with Gasteiger partial charge in [-0.25, -0.2) is 0 Å². The molecule has 0 bridgehead atoms. The lowest BCUT2D eigenvalue weighted by Gasteiger charge is -2.19. The van der Waals surface area contributed by atoms with Crippen molar-refractivity contribution in [3.63, 3.8) is 0 Å². The van der Waals surface area contributed by atoms with Gasteiger partial charge in [0, 0.05) is 19.6 Å². The van der Waals surface area contributed by atoms with E-state index in [0.717, 1.165) is 37.9 Å². The van der Waals surface area contributed by atoms with Gasteiger partial charge in [-0.1, -0.05) is 50.6 Å². The number of carbonyl (C=O) groups excluding carboxylic acids is 1. The zero-order chi connectivity index (χ0) is 21.1. The van der Waals surface area contributed by atoms with Crippen LogP contribution in [0.1, 0.15) is 46.0 Å². The van der Waals surface area contributed by atoms with Crippen LogP contribution in [0.25, 0.3) is 16.7 Å². The molecule has 3 heterocycles. The average Bonchev–Trinajstić information content (AvgIpc) is 2.97. The summed E-state index contributed by atoms with van der Waals surface area (Å²) in [5, 5.41) is 10.0. The third-order valence-electron chi connectivity index (χ3n) is 5.69. The van der Waals surface area contributed by atoms with Gasteiger partial charge in [0.15, 0.2) is 5.16 Å². The molecular weight excluding hydrogens is 398 g/mol. The first-order valence-corrected chi connectivity index (χ1v) is 11.8. The van der Waals surface area contributed by atoms with E-state index in [0.29, 0.717) is 34.5 Å². The van der Waals surface area contributed by atoms with E-state index in [1.54, 1.807) is 4.57 Å². The number of amides is 1. The molecule has 8 heteroatoms. The second-order valence-electron chi connectivity index (χ2n) is 8.36. The molecule has 0 spiro atoms. The fourth-order valence-electron chi connectivity index (χ4n) is 3.95. The van der Waals surface area contributed by atoms with Gasteiger partial charge in [0.05, 0.1) is 16.7 Å². The Bertz CT molecular complexity index is 1100. The average molecular weight is 428 g/mol. The lowest BCUT2D eigenvalue weighted by Crippen LogP contribution is -2.33. The summed E-state index contributed by atoms with van der Waals surface area (Å²) in [6, 6.07) is 7.55. The quantitative estimate of drug-likeness (QED) is 0.562. The number of benzene rings is 1. The van der Waals surface area contributed by atoms with Crippen LogP contribution in [-0.4, -0.2) is 48.8 Å². The van der Waals surface area contributed by atoms with Crippen LogP contribution in [0.2, 0.25) is 0 Å². The third-order valence-corrected chi connectivity index (χ3v) is 6.61. The maximum Gasteiger partial charge on any atom is 0.262 e. The van der Waals surface area contributed by atoms with Crippen molar-refractivity contribution in [3.8, 4) is 0 Å². The van der Waals surface area contributed by atoms with E-state index in [1.807, 2.05) is 33.6 Å². The van der Waals surface area contributed by atoms with Crippen molar-refractivity contribution in [1.82, 2.24) is 24.1 Å². The topological polar surface area (TPSA) is 72.5 Å². The lowest BCUT2D eigenvalue weighted by molar-refractivity contribution is -0.128. The molecular formula is C22H29N5O2S. The molecule has 4 rings (SSSR count). The number of para-hydroxylation sites is 1. The van der Waals surface area contributed by atoms with Crippen molar-refractivity contribution in [2.24, 2.45) is 5.92 Å². The highest BCUT2D eigenvalue weighted by molar-refractivity contribution is 7.99. The molecule has 1 aliphatic rings. The molecule has 0 unspecified atom stereocenters. The highest BCUT2D eigenvalue weighted by Gasteiger charge is 2.20. The highest BCUT2D eigenvalue weighted by Crippen LogP contribution is 2.23. The minimum atomic E-state index is -0.0386. The number of fused-ring (bicyclic) bond motifs is 3. The summed E-state index contributed by atoms with van der Waals surface area (Å²) in [7, 11) is 0. The monoisotopic (exact) mass is 427 g/mol. The van der Waals surface area contributed by atoms with Crippen LogP contribution in [0, 0.1) is 5.92 Å². The second-order valence-corrected chi connectivity index (χ2v) is 9.30. The number of hydrogen-bond donors (Lipinski definition) is 0. The first kappa shape index (κ1) is 20.9. The third kappa shape index (κ3) is 4.24. The van der Waals surface area contributed by atoms with E-state index in [4.69, 9.17) is 0 Å². The van der Waals surface area contributed by atoms with E-state index in [1.165, 1.54) is 24.6 Å². The molecule has 1 saturated heterocycles. The SMILES string of the molecule is CC(C)CCn1c(=O)c2ccccc2n2c(SCC(=O)N3CCCCCC3)nnc12. The summed E-state index contributed by atoms with van der Waals surface area (Å²) in [5.74, 6) is 1.51. The number of nitrogens with zero attached hydrogens (tertiary/aromatic N) is 5. The Morgan fingerprint density at radius 1 is 1.10 bits per heavy atom. The normalized spacial score (nSPS) is 15.2. The fourth-order valence-corrected chi connectivity index (χ4v) is 4.80. The molecule has 0 N–H and O–H groups in total. The smallest absolute Gasteiger partial charge is 0.262 e. The standard InChI is InChI=1S/C22H29N5O2S/c1-16(2)11-14-26-20(29)17-9-5-6-10-18(17)27-21(26)23-24-22(27)30-15-19(28)25-12-7-3-4-8-13-25/h5-6,9-10,16H,3-4,7-8,11-15H2,1-2H3. The van der Waals surface area contributed by atoms with E-state index < -0.39 is 0 Å². The molecule has 1 aliphatic heterocycles. The van der Waals surface area contributed by atoms with Crippen molar-refractivity contribution >= 4 is 34.3 Å². The van der Waals surface area contributed by atoms with E-state index >= 15 is 0 Å². The Kier molecular flexibility index (Phi) is 6.41. The second kappa shape index (κ2) is 9.20. The van der Waals surface area contributed by atoms with E-state index in [2.05, 4.69) is 24.0 Å². The van der Waals surface area contributed by atoms with Crippen LogP contribution in [0.3, 0.4) is 0 Å². The Morgan fingerprint density at radius 3 is 2.57 bits per heavy atom. The summed E-state index contributed by atoms with van der Waals surface area (Å²) < 4.78 is 3.65. The van der Waals surface area contributed by atoms with Crippen LogP contribution >= 0.6 is 11.8 Å². The summed E-state index contributed by atoms with van der Waals surface area (Å²) in [4.78, 5) is 27.8. The molecule has 0 atom stereocenters. The minimum absolute atomic E-state index is 0.0386. The van der Waals surface area contributed by atoms with Crippen molar-refractivity contribution in [1.29, 1.82) is 0 Å². The number of aryl methyl sites for hydroxylation is 1. The first-order chi connectivity index (χ1) is 14.6. The van der Waals surface area contributed by atoms with Crippen molar-refractivity contribution in [2.45, 2.75) is 57.7 Å². The maximum absolute atomic E-state index is 13.1. The number of rotatable bonds is 6. The number of likely N-dealkylation sites (tertiary alicyclic amines) is 1. The molecule has 0 radical (unpaired) electrons. The van der Waals surface area contributed by atoms with Crippen molar-refractivity contribution in [2.75, 3.05) is 18.8 Å². The molecule has 1 fully saturated rings. The Balaban J connectivity index is 1.67. The van der Waals surface area contributed by atoms with E-state index in [9.17, 15) is 9.59 Å². The highest BCUT2D eigenvalue weighted by atomic mass is 32.2. The van der Waals surface area contributed by atoms with Gasteiger partial charge in [0.1, 0.15) is 0 Å². The van der Waals surface area contributed by atoms with Gasteiger partial charge >= 0.3 is 0 Å². The Hall–Kier alpha value is -2.35. The summed E-state index contributed by atoms with van der Waals surface area (Å²) in [6.07, 6.45) is 5.45. The zero-order valence-corrected chi connectivity index (χ0v) is 18.5. The molecule has 3 aromatic rings. The fraction of sp³-hybridized carbons (Fsp3) is 0.545. The molecule has 1 amide bonds. The van der Waals surface area contributed by atoms with Crippen LogP contribution in [0.4, 0.5) is 0 Å². The molecule has 0 saturated carbocycles. The largest absolute Gasteiger partial charge is 0.342 e. The number of hydrogen-bond acceptors (Lipinski definition) is 5. The van der Waals surface area contributed by atoms with Gasteiger partial charge in [-0.05, 0) is 37.3 Å². The van der Waals surface area contributed by atoms with Gasteiger partial charge in [0.2, 0.25) is 11.7 Å². The first-order valence-electron chi connectivity index (χ1n) is 10.8. The Morgan fingerprint density at radius 2 is 1.83 bits per heavy atom. The van der Waals surface area contributed by atoms with Gasteiger partial charge in [-0.2, -0.15) is 0 Å². The van der Waals surface area contributed by atoms with Crippen LogP contribution in [-0.2, 0) is 11.3 Å². The molecule has 2 aromatic heterocycles. The van der Waals surface area contributed by atoms with Crippen molar-refractivity contribution in [3.05, 3.63) is 34.6 Å². The minimum Gasteiger partial charge on any atom is -0.342 e. The van der Waals surface area contributed by atoms with Crippen LogP contribution < -0.4 is 5.56 Å². The molecule has 7 nitrogen and oxygen atoms in total. The predicted octanol–water partition coefficient (Wildman–Crippen LogP) is 3.59. The molecule has 1 aromatic carbocycles. The summed E-state index contributed by atoms with van der Waals surface area (Å²) >= 11 is 1.40. The number of aromatic nitrogens is 4. The maximum atomic E-state index is 13.1. The van der Waals surface area contributed by atoms with Crippen LogP contribution in [0.15, 0.2) is 34.2 Å². The summed E-state index contributed by atoms with van der Waals surface area (Å²) in [6.45, 7) is 6.57. The number of carbonyl (C=O) groups is 1. The number of thioether (sulfide) groups is 1. The van der Waals surface area contributed by atoms with E-state index in [-0.39, 0.29) is 11.5 Å².